The number of thiophene rings is 1. The van der Waals surface area contributed by atoms with Gasteiger partial charge in [0.15, 0.2) is 0 Å². The van der Waals surface area contributed by atoms with Crippen molar-refractivity contribution in [2.45, 2.75) is 40.7 Å². The van der Waals surface area contributed by atoms with E-state index in [-0.39, 0.29) is 0 Å². The van der Waals surface area contributed by atoms with E-state index >= 15 is 0 Å². The van der Waals surface area contributed by atoms with Crippen molar-refractivity contribution in [3.63, 3.8) is 0 Å². The van der Waals surface area contributed by atoms with E-state index in [1.54, 1.807) is 0 Å². The highest BCUT2D eigenvalue weighted by Crippen LogP contribution is 2.37. The number of piperidine rings is 1. The van der Waals surface area contributed by atoms with E-state index in [9.17, 15) is 0 Å². The topological polar surface area (TPSA) is 41.5 Å². The third kappa shape index (κ3) is 3.59. The molecule has 2 aliphatic heterocycles. The van der Waals surface area contributed by atoms with E-state index in [0.717, 1.165) is 56.6 Å². The van der Waals surface area contributed by atoms with Crippen LogP contribution in [0, 0.1) is 25.7 Å². The second-order valence-electron chi connectivity index (χ2n) is 8.17. The molecule has 2 aromatic rings. The van der Waals surface area contributed by atoms with Gasteiger partial charge in [0.2, 0.25) is 0 Å². The molecule has 6 heteroatoms. The number of hydrogen-bond donors (Lipinski definition) is 0. The number of aryl methyl sites for hydroxylation is 2. The Morgan fingerprint density at radius 2 is 1.77 bits per heavy atom. The van der Waals surface area contributed by atoms with Crippen LogP contribution in [0.4, 0.5) is 5.82 Å². The Labute approximate surface area is 160 Å². The van der Waals surface area contributed by atoms with Gasteiger partial charge in [0, 0.05) is 31.1 Å². The molecule has 0 aromatic carbocycles. The molecule has 142 valence electrons. The molecular formula is C20H30N4OS. The highest BCUT2D eigenvalue weighted by molar-refractivity contribution is 7.18. The zero-order valence-electron chi connectivity index (χ0n) is 16.4. The lowest BCUT2D eigenvalue weighted by Gasteiger charge is -2.36. The number of ether oxygens (including phenoxy) is 1. The Kier molecular flexibility index (Phi) is 5.17. The first-order valence-electron chi connectivity index (χ1n) is 9.83. The summed E-state index contributed by atoms with van der Waals surface area (Å²) >= 11 is 1.81. The van der Waals surface area contributed by atoms with E-state index in [1.165, 1.54) is 28.1 Å². The van der Waals surface area contributed by atoms with E-state index in [1.807, 2.05) is 11.3 Å². The Balaban J connectivity index is 1.73. The van der Waals surface area contributed by atoms with E-state index in [4.69, 9.17) is 14.7 Å². The van der Waals surface area contributed by atoms with Crippen molar-refractivity contribution in [1.82, 2.24) is 14.9 Å². The minimum Gasteiger partial charge on any atom is -0.379 e. The molecule has 2 aromatic heterocycles. The summed E-state index contributed by atoms with van der Waals surface area (Å²) in [7, 11) is 0. The van der Waals surface area contributed by atoms with Crippen LogP contribution in [0.25, 0.3) is 10.2 Å². The minimum absolute atomic E-state index is 0.714. The third-order valence-corrected chi connectivity index (χ3v) is 6.79. The van der Waals surface area contributed by atoms with Gasteiger partial charge >= 0.3 is 0 Å². The molecule has 2 atom stereocenters. The number of rotatable bonds is 3. The van der Waals surface area contributed by atoms with Gasteiger partial charge in [-0.2, -0.15) is 0 Å². The largest absolute Gasteiger partial charge is 0.379 e. The molecule has 2 saturated heterocycles. The molecule has 0 aliphatic carbocycles. The molecule has 0 unspecified atom stereocenters. The van der Waals surface area contributed by atoms with Crippen LogP contribution < -0.4 is 4.90 Å². The lowest BCUT2D eigenvalue weighted by atomic mass is 9.92. The Morgan fingerprint density at radius 3 is 2.46 bits per heavy atom. The fourth-order valence-corrected chi connectivity index (χ4v) is 5.41. The average molecular weight is 375 g/mol. The normalized spacial score (nSPS) is 25.2. The van der Waals surface area contributed by atoms with Crippen molar-refractivity contribution in [3.8, 4) is 0 Å². The summed E-state index contributed by atoms with van der Waals surface area (Å²) in [5.41, 5.74) is 1.35. The number of hydrogen-bond acceptors (Lipinski definition) is 6. The molecule has 26 heavy (non-hydrogen) atoms. The van der Waals surface area contributed by atoms with Crippen molar-refractivity contribution in [2.24, 2.45) is 11.8 Å². The average Bonchev–Trinajstić information content (AvgIpc) is 2.88. The summed E-state index contributed by atoms with van der Waals surface area (Å²) in [4.78, 5) is 17.5. The summed E-state index contributed by atoms with van der Waals surface area (Å²) in [5, 5.41) is 1.28. The molecular weight excluding hydrogens is 344 g/mol. The monoisotopic (exact) mass is 374 g/mol. The Hall–Kier alpha value is -1.24. The maximum atomic E-state index is 5.48. The van der Waals surface area contributed by atoms with Gasteiger partial charge in [-0.05, 0) is 37.7 Å². The first kappa shape index (κ1) is 18.1. The maximum absolute atomic E-state index is 5.48. The van der Waals surface area contributed by atoms with Crippen molar-refractivity contribution >= 4 is 27.4 Å². The molecule has 4 heterocycles. The molecule has 4 rings (SSSR count). The Morgan fingerprint density at radius 1 is 1.08 bits per heavy atom. The van der Waals surface area contributed by atoms with Crippen LogP contribution in [-0.4, -0.2) is 54.3 Å². The lowest BCUT2D eigenvalue weighted by molar-refractivity contribution is 0.0331. The van der Waals surface area contributed by atoms with Crippen LogP contribution in [0.2, 0.25) is 0 Å². The molecule has 5 nitrogen and oxygen atoms in total. The SMILES string of the molecule is Cc1sc2nc(CN3CCOCC3)nc(N3C[C@@H](C)C[C@H](C)C3)c2c1C. The van der Waals surface area contributed by atoms with E-state index < -0.39 is 0 Å². The van der Waals surface area contributed by atoms with Gasteiger partial charge in [-0.15, -0.1) is 11.3 Å². The molecule has 0 bridgehead atoms. The van der Waals surface area contributed by atoms with Crippen LogP contribution in [-0.2, 0) is 11.3 Å². The van der Waals surface area contributed by atoms with Crippen LogP contribution in [0.15, 0.2) is 0 Å². The van der Waals surface area contributed by atoms with E-state index in [0.29, 0.717) is 11.8 Å². The first-order valence-corrected chi connectivity index (χ1v) is 10.6. The fourth-order valence-electron chi connectivity index (χ4n) is 4.37. The predicted molar refractivity (Wildman–Crippen MR) is 108 cm³/mol. The maximum Gasteiger partial charge on any atom is 0.146 e. The zero-order chi connectivity index (χ0) is 18.3. The summed E-state index contributed by atoms with van der Waals surface area (Å²) in [6.07, 6.45) is 1.31. The number of morpholine rings is 1. The van der Waals surface area contributed by atoms with Crippen molar-refractivity contribution in [1.29, 1.82) is 0 Å². The molecule has 2 fully saturated rings. The van der Waals surface area contributed by atoms with Crippen LogP contribution in [0.1, 0.15) is 36.5 Å². The number of aromatic nitrogens is 2. The van der Waals surface area contributed by atoms with Gasteiger partial charge < -0.3 is 9.64 Å². The second-order valence-corrected chi connectivity index (χ2v) is 9.37. The first-order chi connectivity index (χ1) is 12.5. The number of nitrogens with zero attached hydrogens (tertiary/aromatic N) is 4. The van der Waals surface area contributed by atoms with Crippen molar-refractivity contribution in [2.75, 3.05) is 44.3 Å². The molecule has 0 spiro atoms. The third-order valence-electron chi connectivity index (χ3n) is 5.69. The van der Waals surface area contributed by atoms with Gasteiger partial charge in [0.25, 0.3) is 0 Å². The number of fused-ring (bicyclic) bond motifs is 1. The zero-order valence-corrected chi connectivity index (χ0v) is 17.2. The molecule has 0 saturated carbocycles. The van der Waals surface area contributed by atoms with Crippen molar-refractivity contribution in [3.05, 3.63) is 16.3 Å². The summed E-state index contributed by atoms with van der Waals surface area (Å²) in [6.45, 7) is 15.7. The van der Waals surface area contributed by atoms with Gasteiger partial charge in [-0.3, -0.25) is 4.90 Å². The molecule has 0 amide bonds. The smallest absolute Gasteiger partial charge is 0.146 e. The highest BCUT2D eigenvalue weighted by Gasteiger charge is 2.26. The standard InChI is InChI=1S/C20H30N4OS/c1-13-9-14(2)11-24(10-13)19-18-15(3)16(4)26-20(18)22-17(21-19)12-23-5-7-25-8-6-23/h13-14H,5-12H2,1-4H3/t13-,14-/m0/s1. The Bertz CT molecular complexity index is 774. The highest BCUT2D eigenvalue weighted by atomic mass is 32.1. The van der Waals surface area contributed by atoms with Crippen LogP contribution in [0.3, 0.4) is 0 Å². The fraction of sp³-hybridized carbons (Fsp3) is 0.700. The van der Waals surface area contributed by atoms with Crippen LogP contribution in [0.5, 0.6) is 0 Å². The lowest BCUT2D eigenvalue weighted by Crippen LogP contribution is -2.40. The quantitative estimate of drug-likeness (QED) is 0.821. The molecule has 2 aliphatic rings. The van der Waals surface area contributed by atoms with Crippen molar-refractivity contribution < 1.29 is 4.74 Å². The minimum atomic E-state index is 0.714. The summed E-state index contributed by atoms with van der Waals surface area (Å²) < 4.78 is 5.48. The predicted octanol–water partition coefficient (Wildman–Crippen LogP) is 3.62. The second kappa shape index (κ2) is 7.41. The van der Waals surface area contributed by atoms with Gasteiger partial charge in [-0.25, -0.2) is 9.97 Å². The van der Waals surface area contributed by atoms with E-state index in [2.05, 4.69) is 37.5 Å². The van der Waals surface area contributed by atoms with Gasteiger partial charge in [-0.1, -0.05) is 13.8 Å². The molecule has 0 radical (unpaired) electrons. The van der Waals surface area contributed by atoms with Gasteiger partial charge in [0.05, 0.1) is 25.1 Å². The number of anilines is 1. The van der Waals surface area contributed by atoms with Gasteiger partial charge in [0.1, 0.15) is 16.5 Å². The summed E-state index contributed by atoms with van der Waals surface area (Å²) in [6, 6.07) is 0. The summed E-state index contributed by atoms with van der Waals surface area (Å²) in [5.74, 6) is 3.55. The molecule has 0 N–H and O–H groups in total. The van der Waals surface area contributed by atoms with Crippen LogP contribution >= 0.6 is 11.3 Å².